The lowest BCUT2D eigenvalue weighted by atomic mass is 9.96. The summed E-state index contributed by atoms with van der Waals surface area (Å²) in [4.78, 5) is 44.4. The highest BCUT2D eigenvalue weighted by Gasteiger charge is 2.33. The zero-order chi connectivity index (χ0) is 29.8. The van der Waals surface area contributed by atoms with Crippen LogP contribution >= 0.6 is 11.3 Å². The molecule has 1 aliphatic rings. The van der Waals surface area contributed by atoms with Crippen LogP contribution < -0.4 is 29.1 Å². The SMILES string of the molecule is CCOC(=O)C1=C(C)N=c2s/c(=C\c3ccc(OC(=O)c4ccc(OC)cc4)cc3)c(=O)n2[C@H]1c1ccc(OC)cc1. The molecule has 9 nitrogen and oxygen atoms in total. The first-order chi connectivity index (χ1) is 20.3. The number of thiazole rings is 1. The lowest BCUT2D eigenvalue weighted by Crippen LogP contribution is -2.39. The van der Waals surface area contributed by atoms with Crippen LogP contribution in [0.2, 0.25) is 0 Å². The predicted octanol–water partition coefficient (Wildman–Crippen LogP) is 4.03. The molecule has 4 aromatic rings. The fourth-order valence-electron chi connectivity index (χ4n) is 4.57. The Kier molecular flexibility index (Phi) is 8.35. The number of carbonyl (C=O) groups is 2. The first-order valence-corrected chi connectivity index (χ1v) is 13.9. The Labute approximate surface area is 245 Å². The number of hydrogen-bond donors (Lipinski definition) is 0. The van der Waals surface area contributed by atoms with Crippen molar-refractivity contribution in [2.45, 2.75) is 19.9 Å². The molecule has 0 saturated carbocycles. The van der Waals surface area contributed by atoms with Crippen LogP contribution in [0.3, 0.4) is 0 Å². The van der Waals surface area contributed by atoms with E-state index in [0.29, 0.717) is 43.4 Å². The monoisotopic (exact) mass is 584 g/mol. The molecular formula is C32H28N2O7S. The van der Waals surface area contributed by atoms with Crippen molar-refractivity contribution in [2.75, 3.05) is 20.8 Å². The van der Waals surface area contributed by atoms with Gasteiger partial charge in [-0.3, -0.25) is 9.36 Å². The summed E-state index contributed by atoms with van der Waals surface area (Å²) in [6.07, 6.45) is 1.74. The highest BCUT2D eigenvalue weighted by molar-refractivity contribution is 7.07. The molecule has 0 saturated heterocycles. The average Bonchev–Trinajstić information content (AvgIpc) is 3.31. The van der Waals surface area contributed by atoms with Gasteiger partial charge in [-0.1, -0.05) is 35.6 Å². The number of hydrogen-bond acceptors (Lipinski definition) is 9. The molecule has 10 heteroatoms. The van der Waals surface area contributed by atoms with Gasteiger partial charge in [-0.05, 0) is 79.6 Å². The van der Waals surface area contributed by atoms with Crippen LogP contribution in [0.25, 0.3) is 6.08 Å². The molecule has 0 unspecified atom stereocenters. The fraction of sp³-hybridized carbons (Fsp3) is 0.188. The molecule has 1 atom stereocenters. The number of nitrogens with zero attached hydrogens (tertiary/aromatic N) is 2. The van der Waals surface area contributed by atoms with Crippen molar-refractivity contribution in [1.82, 2.24) is 4.57 Å². The summed E-state index contributed by atoms with van der Waals surface area (Å²) in [6, 6.07) is 20.0. The molecule has 2 heterocycles. The average molecular weight is 585 g/mol. The molecule has 0 aliphatic carbocycles. The van der Waals surface area contributed by atoms with E-state index in [1.54, 1.807) is 94.8 Å². The van der Waals surface area contributed by atoms with Crippen LogP contribution in [0.5, 0.6) is 17.2 Å². The number of esters is 2. The Morgan fingerprint density at radius 1 is 0.881 bits per heavy atom. The second kappa shape index (κ2) is 12.3. The molecule has 5 rings (SSSR count). The van der Waals surface area contributed by atoms with Crippen LogP contribution in [0, 0.1) is 0 Å². The number of allylic oxidation sites excluding steroid dienone is 1. The van der Waals surface area contributed by atoms with Crippen molar-refractivity contribution in [2.24, 2.45) is 4.99 Å². The highest BCUT2D eigenvalue weighted by Crippen LogP contribution is 2.31. The van der Waals surface area contributed by atoms with Gasteiger partial charge in [0.15, 0.2) is 4.80 Å². The second-order valence-electron chi connectivity index (χ2n) is 9.26. The summed E-state index contributed by atoms with van der Waals surface area (Å²) in [5.74, 6) is 0.647. The Bertz CT molecular complexity index is 1840. The predicted molar refractivity (Wildman–Crippen MR) is 158 cm³/mol. The number of fused-ring (bicyclic) bond motifs is 1. The Morgan fingerprint density at radius 3 is 2.07 bits per heavy atom. The largest absolute Gasteiger partial charge is 0.497 e. The van der Waals surface area contributed by atoms with Crippen molar-refractivity contribution >= 4 is 29.4 Å². The van der Waals surface area contributed by atoms with Gasteiger partial charge in [-0.25, -0.2) is 14.6 Å². The first kappa shape index (κ1) is 28.6. The fourth-order valence-corrected chi connectivity index (χ4v) is 5.62. The number of benzene rings is 3. The highest BCUT2D eigenvalue weighted by atomic mass is 32.1. The minimum atomic E-state index is -0.715. The van der Waals surface area contributed by atoms with Crippen LogP contribution in [0.4, 0.5) is 0 Å². The molecule has 42 heavy (non-hydrogen) atoms. The minimum absolute atomic E-state index is 0.195. The lowest BCUT2D eigenvalue weighted by molar-refractivity contribution is -0.139. The van der Waals surface area contributed by atoms with E-state index in [4.69, 9.17) is 18.9 Å². The Hall–Kier alpha value is -4.96. The molecule has 0 spiro atoms. The number of rotatable bonds is 8. The van der Waals surface area contributed by atoms with Gasteiger partial charge in [-0.2, -0.15) is 0 Å². The summed E-state index contributed by atoms with van der Waals surface area (Å²) >= 11 is 1.23. The third-order valence-electron chi connectivity index (χ3n) is 6.66. The van der Waals surface area contributed by atoms with Crippen molar-refractivity contribution in [3.8, 4) is 17.2 Å². The minimum Gasteiger partial charge on any atom is -0.497 e. The van der Waals surface area contributed by atoms with Crippen LogP contribution in [0.1, 0.15) is 41.4 Å². The van der Waals surface area contributed by atoms with E-state index in [-0.39, 0.29) is 12.2 Å². The Morgan fingerprint density at radius 2 is 1.48 bits per heavy atom. The van der Waals surface area contributed by atoms with E-state index >= 15 is 0 Å². The molecular weight excluding hydrogens is 556 g/mol. The molecule has 214 valence electrons. The normalized spacial score (nSPS) is 14.6. The van der Waals surface area contributed by atoms with Gasteiger partial charge in [0.1, 0.15) is 17.2 Å². The molecule has 0 N–H and O–H groups in total. The summed E-state index contributed by atoms with van der Waals surface area (Å²) in [6.45, 7) is 3.67. The van der Waals surface area contributed by atoms with Gasteiger partial charge in [0.05, 0.1) is 48.2 Å². The first-order valence-electron chi connectivity index (χ1n) is 13.1. The van der Waals surface area contributed by atoms with E-state index in [2.05, 4.69) is 4.99 Å². The van der Waals surface area contributed by atoms with Crippen LogP contribution in [-0.2, 0) is 9.53 Å². The number of aromatic nitrogens is 1. The summed E-state index contributed by atoms with van der Waals surface area (Å²) in [5, 5.41) is 0. The van der Waals surface area contributed by atoms with Gasteiger partial charge in [-0.15, -0.1) is 0 Å². The maximum atomic E-state index is 13.8. The van der Waals surface area contributed by atoms with Crippen molar-refractivity contribution in [3.63, 3.8) is 0 Å². The lowest BCUT2D eigenvalue weighted by Gasteiger charge is -2.24. The van der Waals surface area contributed by atoms with Crippen molar-refractivity contribution in [3.05, 3.63) is 120 Å². The van der Waals surface area contributed by atoms with Gasteiger partial charge in [0, 0.05) is 0 Å². The van der Waals surface area contributed by atoms with E-state index in [1.807, 2.05) is 12.1 Å². The van der Waals surface area contributed by atoms with E-state index in [9.17, 15) is 14.4 Å². The quantitative estimate of drug-likeness (QED) is 0.227. The smallest absolute Gasteiger partial charge is 0.343 e. The number of carbonyl (C=O) groups excluding carboxylic acids is 2. The topological polar surface area (TPSA) is 105 Å². The number of ether oxygens (including phenoxy) is 4. The van der Waals surface area contributed by atoms with Crippen molar-refractivity contribution < 1.29 is 28.5 Å². The van der Waals surface area contributed by atoms with Gasteiger partial charge < -0.3 is 18.9 Å². The molecule has 1 aliphatic heterocycles. The summed E-state index contributed by atoms with van der Waals surface area (Å²) in [7, 11) is 3.13. The van der Waals surface area contributed by atoms with E-state index in [1.165, 1.54) is 15.9 Å². The zero-order valence-corrected chi connectivity index (χ0v) is 24.3. The standard InChI is InChI=1S/C32H28N2O7S/c1-5-40-31(37)27-19(2)33-32-34(28(27)21-8-14-23(38-3)15-9-21)29(35)26(42-32)18-20-6-12-25(13-7-20)41-30(36)22-10-16-24(39-4)17-11-22/h6-18,28H,5H2,1-4H3/b26-18-/t28-/m0/s1. The van der Waals surface area contributed by atoms with Gasteiger partial charge in [0.25, 0.3) is 5.56 Å². The molecule has 1 aromatic heterocycles. The molecule has 0 amide bonds. The molecule has 0 radical (unpaired) electrons. The Balaban J connectivity index is 1.48. The third kappa shape index (κ3) is 5.75. The van der Waals surface area contributed by atoms with Crippen LogP contribution in [-0.4, -0.2) is 37.3 Å². The zero-order valence-electron chi connectivity index (χ0n) is 23.5. The third-order valence-corrected chi connectivity index (χ3v) is 7.65. The van der Waals surface area contributed by atoms with Gasteiger partial charge in [0.2, 0.25) is 0 Å². The van der Waals surface area contributed by atoms with Crippen molar-refractivity contribution in [1.29, 1.82) is 0 Å². The van der Waals surface area contributed by atoms with Crippen LogP contribution in [0.15, 0.2) is 93.9 Å². The van der Waals surface area contributed by atoms with E-state index in [0.717, 1.165) is 11.1 Å². The maximum absolute atomic E-state index is 13.8. The van der Waals surface area contributed by atoms with E-state index < -0.39 is 18.0 Å². The second-order valence-corrected chi connectivity index (χ2v) is 10.3. The molecule has 0 bridgehead atoms. The summed E-state index contributed by atoms with van der Waals surface area (Å²) < 4.78 is 23.2. The number of methoxy groups -OCH3 is 2. The van der Waals surface area contributed by atoms with Gasteiger partial charge >= 0.3 is 11.9 Å². The summed E-state index contributed by atoms with van der Waals surface area (Å²) in [5.41, 5.74) is 2.36. The molecule has 0 fully saturated rings. The maximum Gasteiger partial charge on any atom is 0.343 e. The molecule has 3 aromatic carbocycles.